The molecule has 0 fully saturated rings. The molecule has 0 saturated heterocycles. The maximum absolute atomic E-state index is 14.8. The molecule has 1 aliphatic heterocycles. The van der Waals surface area contributed by atoms with Crippen molar-refractivity contribution < 1.29 is 9.18 Å². The average Bonchev–Trinajstić information content (AvgIpc) is 3.23. The van der Waals surface area contributed by atoms with Gasteiger partial charge in [-0.25, -0.2) is 4.39 Å². The van der Waals surface area contributed by atoms with Gasteiger partial charge in [-0.1, -0.05) is 36.4 Å². The molecule has 2 heterocycles. The lowest BCUT2D eigenvalue weighted by Gasteiger charge is -2.16. The second kappa shape index (κ2) is 6.30. The van der Waals surface area contributed by atoms with Crippen molar-refractivity contribution in [3.05, 3.63) is 89.4 Å². The van der Waals surface area contributed by atoms with Gasteiger partial charge in [0.1, 0.15) is 5.82 Å². The standard InChI is InChI=1S/C23H18FN3O/c1-26-22-9-8-15(10-19(22)12-25-26)16-6-7-18(21(24)11-16)14-27-13-17-4-2-3-5-20(17)23(27)28/h2-12H,13-14H2,1H3. The number of fused-ring (bicyclic) bond motifs is 2. The number of aromatic nitrogens is 2. The van der Waals surface area contributed by atoms with Crippen molar-refractivity contribution in [3.63, 3.8) is 0 Å². The Morgan fingerprint density at radius 1 is 1.04 bits per heavy atom. The van der Waals surface area contributed by atoms with Crippen LogP contribution in [-0.2, 0) is 20.1 Å². The molecule has 0 spiro atoms. The highest BCUT2D eigenvalue weighted by Gasteiger charge is 2.27. The highest BCUT2D eigenvalue weighted by Crippen LogP contribution is 2.28. The molecule has 0 aliphatic carbocycles. The van der Waals surface area contributed by atoms with Crippen LogP contribution < -0.4 is 0 Å². The maximum Gasteiger partial charge on any atom is 0.254 e. The molecule has 0 atom stereocenters. The van der Waals surface area contributed by atoms with Gasteiger partial charge in [-0.15, -0.1) is 0 Å². The number of benzene rings is 3. The van der Waals surface area contributed by atoms with Crippen LogP contribution in [0.4, 0.5) is 4.39 Å². The van der Waals surface area contributed by atoms with E-state index < -0.39 is 0 Å². The molecule has 1 aromatic heterocycles. The number of carbonyl (C=O) groups excluding carboxylic acids is 1. The summed E-state index contributed by atoms with van der Waals surface area (Å²) in [6.07, 6.45) is 1.81. The molecular formula is C23H18FN3O. The predicted octanol–water partition coefficient (Wildman–Crippen LogP) is 4.54. The van der Waals surface area contributed by atoms with Gasteiger partial charge in [0.15, 0.2) is 0 Å². The van der Waals surface area contributed by atoms with Gasteiger partial charge in [-0.05, 0) is 41.0 Å². The smallest absolute Gasteiger partial charge is 0.254 e. The number of halogens is 1. The summed E-state index contributed by atoms with van der Waals surface area (Å²) in [4.78, 5) is 14.2. The molecule has 5 rings (SSSR count). The molecule has 5 heteroatoms. The van der Waals surface area contributed by atoms with E-state index in [-0.39, 0.29) is 18.3 Å². The van der Waals surface area contributed by atoms with Crippen LogP contribution in [-0.4, -0.2) is 20.6 Å². The fraction of sp³-hybridized carbons (Fsp3) is 0.130. The van der Waals surface area contributed by atoms with Crippen LogP contribution in [0, 0.1) is 5.82 Å². The van der Waals surface area contributed by atoms with Crippen LogP contribution >= 0.6 is 0 Å². The van der Waals surface area contributed by atoms with E-state index in [1.54, 1.807) is 23.2 Å². The number of hydrogen-bond donors (Lipinski definition) is 0. The average molecular weight is 371 g/mol. The molecule has 0 saturated carbocycles. The Kier molecular flexibility index (Phi) is 3.76. The Hall–Kier alpha value is -3.47. The fourth-order valence-corrected chi connectivity index (χ4v) is 3.85. The van der Waals surface area contributed by atoms with Crippen LogP contribution in [0.2, 0.25) is 0 Å². The van der Waals surface area contributed by atoms with Crippen molar-refractivity contribution in [1.82, 2.24) is 14.7 Å². The van der Waals surface area contributed by atoms with Crippen molar-refractivity contribution >= 4 is 16.8 Å². The number of amides is 1. The minimum absolute atomic E-state index is 0.0406. The fourth-order valence-electron chi connectivity index (χ4n) is 3.85. The number of rotatable bonds is 3. The minimum atomic E-state index is -0.299. The monoisotopic (exact) mass is 371 g/mol. The van der Waals surface area contributed by atoms with Crippen molar-refractivity contribution in [1.29, 1.82) is 0 Å². The second-order valence-electron chi connectivity index (χ2n) is 7.17. The predicted molar refractivity (Wildman–Crippen MR) is 106 cm³/mol. The quantitative estimate of drug-likeness (QED) is 0.530. The zero-order valence-corrected chi connectivity index (χ0v) is 15.4. The van der Waals surface area contributed by atoms with Crippen LogP contribution in [0.1, 0.15) is 21.5 Å². The lowest BCUT2D eigenvalue weighted by Crippen LogP contribution is -2.23. The molecule has 0 N–H and O–H groups in total. The third-order valence-electron chi connectivity index (χ3n) is 5.39. The first-order valence-electron chi connectivity index (χ1n) is 9.18. The Balaban J connectivity index is 1.41. The van der Waals surface area contributed by atoms with Gasteiger partial charge in [0.25, 0.3) is 5.91 Å². The normalized spacial score (nSPS) is 13.4. The van der Waals surface area contributed by atoms with Crippen LogP contribution in [0.3, 0.4) is 0 Å². The molecule has 4 nitrogen and oxygen atoms in total. The molecule has 138 valence electrons. The summed E-state index contributed by atoms with van der Waals surface area (Å²) in [6, 6.07) is 18.7. The molecule has 1 amide bonds. The molecule has 0 unspecified atom stereocenters. The first-order chi connectivity index (χ1) is 13.6. The Bertz CT molecular complexity index is 1230. The lowest BCUT2D eigenvalue weighted by molar-refractivity contribution is 0.0765. The SMILES string of the molecule is Cn1ncc2cc(-c3ccc(CN4Cc5ccccc5C4=O)c(F)c3)ccc21. The van der Waals surface area contributed by atoms with Crippen molar-refractivity contribution in [2.24, 2.45) is 7.05 Å². The van der Waals surface area contributed by atoms with Gasteiger partial charge in [0.2, 0.25) is 0 Å². The molecule has 28 heavy (non-hydrogen) atoms. The summed E-state index contributed by atoms with van der Waals surface area (Å²) in [5, 5.41) is 5.27. The summed E-state index contributed by atoms with van der Waals surface area (Å²) < 4.78 is 16.6. The van der Waals surface area contributed by atoms with E-state index in [1.807, 2.05) is 60.3 Å². The Morgan fingerprint density at radius 2 is 1.82 bits per heavy atom. The van der Waals surface area contributed by atoms with Crippen LogP contribution in [0.25, 0.3) is 22.0 Å². The van der Waals surface area contributed by atoms with E-state index in [1.165, 1.54) is 0 Å². The van der Waals surface area contributed by atoms with Gasteiger partial charge in [-0.3, -0.25) is 9.48 Å². The topological polar surface area (TPSA) is 38.1 Å². The molecule has 3 aromatic carbocycles. The van der Waals surface area contributed by atoms with Crippen molar-refractivity contribution in [2.75, 3.05) is 0 Å². The first-order valence-corrected chi connectivity index (χ1v) is 9.18. The molecule has 0 bridgehead atoms. The molecule has 1 aliphatic rings. The number of aryl methyl sites for hydroxylation is 1. The second-order valence-corrected chi connectivity index (χ2v) is 7.17. The van der Waals surface area contributed by atoms with Gasteiger partial charge in [0, 0.05) is 36.7 Å². The maximum atomic E-state index is 14.8. The third kappa shape index (κ3) is 2.67. The highest BCUT2D eigenvalue weighted by atomic mass is 19.1. The molecule has 0 radical (unpaired) electrons. The van der Waals surface area contributed by atoms with E-state index in [9.17, 15) is 9.18 Å². The first kappa shape index (κ1) is 16.7. The number of carbonyl (C=O) groups is 1. The van der Waals surface area contributed by atoms with Gasteiger partial charge >= 0.3 is 0 Å². The Morgan fingerprint density at radius 3 is 2.64 bits per heavy atom. The zero-order chi connectivity index (χ0) is 19.3. The number of hydrogen-bond acceptors (Lipinski definition) is 2. The van der Waals surface area contributed by atoms with Gasteiger partial charge in [0.05, 0.1) is 11.7 Å². The minimum Gasteiger partial charge on any atom is -0.330 e. The Labute approximate surface area is 161 Å². The van der Waals surface area contributed by atoms with E-state index >= 15 is 0 Å². The van der Waals surface area contributed by atoms with E-state index in [4.69, 9.17) is 0 Å². The summed E-state index contributed by atoms with van der Waals surface area (Å²) in [6.45, 7) is 0.787. The lowest BCUT2D eigenvalue weighted by atomic mass is 10.0. The largest absolute Gasteiger partial charge is 0.330 e. The van der Waals surface area contributed by atoms with E-state index in [2.05, 4.69) is 5.10 Å². The molecule has 4 aromatic rings. The summed E-state index contributed by atoms with van der Waals surface area (Å²) in [7, 11) is 1.90. The van der Waals surface area contributed by atoms with Crippen molar-refractivity contribution in [3.8, 4) is 11.1 Å². The van der Waals surface area contributed by atoms with Crippen LogP contribution in [0.5, 0.6) is 0 Å². The van der Waals surface area contributed by atoms with Gasteiger partial charge in [-0.2, -0.15) is 5.10 Å². The molecular weight excluding hydrogens is 353 g/mol. The van der Waals surface area contributed by atoms with E-state index in [0.717, 1.165) is 27.6 Å². The highest BCUT2D eigenvalue weighted by molar-refractivity contribution is 5.98. The zero-order valence-electron chi connectivity index (χ0n) is 15.4. The van der Waals surface area contributed by atoms with Crippen LogP contribution in [0.15, 0.2) is 66.9 Å². The summed E-state index contributed by atoms with van der Waals surface area (Å²) in [5.74, 6) is -0.339. The third-order valence-corrected chi connectivity index (χ3v) is 5.39. The van der Waals surface area contributed by atoms with Gasteiger partial charge < -0.3 is 4.90 Å². The van der Waals surface area contributed by atoms with Crippen molar-refractivity contribution in [2.45, 2.75) is 13.1 Å². The summed E-state index contributed by atoms with van der Waals surface area (Å²) in [5.41, 5.74) is 5.01. The van der Waals surface area contributed by atoms with E-state index in [0.29, 0.717) is 17.7 Å². The summed E-state index contributed by atoms with van der Waals surface area (Å²) >= 11 is 0. The number of nitrogens with zero attached hydrogens (tertiary/aromatic N) is 3.